The maximum atomic E-state index is 10.1. The van der Waals surface area contributed by atoms with Gasteiger partial charge in [-0.15, -0.1) is 0 Å². The van der Waals surface area contributed by atoms with Crippen LogP contribution in [0.2, 0.25) is 5.04 Å². The molecule has 3 rings (SSSR count). The van der Waals surface area contributed by atoms with Crippen molar-refractivity contribution >= 4 is 18.7 Å². The van der Waals surface area contributed by atoms with Gasteiger partial charge in [-0.2, -0.15) is 0 Å². The summed E-state index contributed by atoms with van der Waals surface area (Å²) < 4.78 is 7.02. The summed E-state index contributed by atoms with van der Waals surface area (Å²) in [7, 11) is -2.49. The van der Waals surface area contributed by atoms with Gasteiger partial charge < -0.3 is 9.53 Å². The summed E-state index contributed by atoms with van der Waals surface area (Å²) >= 11 is 0. The smallest absolute Gasteiger partial charge is 0.261 e. The van der Waals surface area contributed by atoms with Gasteiger partial charge in [0.25, 0.3) is 8.32 Å². The molecule has 0 spiro atoms. The summed E-state index contributed by atoms with van der Waals surface area (Å²) in [6, 6.07) is 21.5. The highest BCUT2D eigenvalue weighted by molar-refractivity contribution is 6.99. The van der Waals surface area contributed by atoms with Gasteiger partial charge in [-0.05, 0) is 28.3 Å². The van der Waals surface area contributed by atoms with Crippen LogP contribution < -0.4 is 10.4 Å². The Labute approximate surface area is 159 Å². The lowest BCUT2D eigenvalue weighted by atomic mass is 9.89. The van der Waals surface area contributed by atoms with Crippen LogP contribution in [0, 0.1) is 5.41 Å². The molecule has 0 saturated heterocycles. The second-order valence-corrected chi connectivity index (χ2v) is 13.1. The molecule has 0 aromatic heterocycles. The zero-order chi connectivity index (χ0) is 18.7. The minimum absolute atomic E-state index is 0.00897. The zero-order valence-corrected chi connectivity index (χ0v) is 17.4. The molecule has 1 saturated carbocycles. The molecule has 2 nitrogen and oxygen atoms in total. The highest BCUT2D eigenvalue weighted by Gasteiger charge is 2.51. The Balaban J connectivity index is 2.08. The molecule has 26 heavy (non-hydrogen) atoms. The SMILES string of the molecule is CC(C)(C)[Si](OCC1(CO)CCCC1)(c1ccccc1)c1ccccc1. The van der Waals surface area contributed by atoms with Crippen LogP contribution in [0.25, 0.3) is 0 Å². The van der Waals surface area contributed by atoms with Crippen LogP contribution in [0.4, 0.5) is 0 Å². The molecular formula is C23H32O2Si. The number of rotatable bonds is 6. The molecule has 1 aliphatic rings. The van der Waals surface area contributed by atoms with E-state index in [4.69, 9.17) is 4.43 Å². The lowest BCUT2D eigenvalue weighted by molar-refractivity contribution is 0.0674. The van der Waals surface area contributed by atoms with Gasteiger partial charge in [0.05, 0.1) is 6.61 Å². The number of hydrogen-bond acceptors (Lipinski definition) is 2. The van der Waals surface area contributed by atoms with Crippen LogP contribution in [0.1, 0.15) is 46.5 Å². The third kappa shape index (κ3) is 3.53. The highest BCUT2D eigenvalue weighted by atomic mass is 28.4. The molecule has 0 aliphatic heterocycles. The van der Waals surface area contributed by atoms with Crippen molar-refractivity contribution in [2.24, 2.45) is 5.41 Å². The molecule has 3 heteroatoms. The normalized spacial score (nSPS) is 17.4. The van der Waals surface area contributed by atoms with Gasteiger partial charge in [0, 0.05) is 12.0 Å². The van der Waals surface area contributed by atoms with Crippen molar-refractivity contribution in [1.29, 1.82) is 0 Å². The maximum Gasteiger partial charge on any atom is 0.261 e. The first-order valence-electron chi connectivity index (χ1n) is 9.79. The average molecular weight is 369 g/mol. The van der Waals surface area contributed by atoms with Crippen LogP contribution in [0.5, 0.6) is 0 Å². The largest absolute Gasteiger partial charge is 0.407 e. The van der Waals surface area contributed by atoms with Gasteiger partial charge in [0.2, 0.25) is 0 Å². The van der Waals surface area contributed by atoms with Gasteiger partial charge in [0.15, 0.2) is 0 Å². The van der Waals surface area contributed by atoms with E-state index in [1.54, 1.807) is 0 Å². The van der Waals surface area contributed by atoms with Crippen LogP contribution >= 0.6 is 0 Å². The molecule has 2 aromatic rings. The number of hydrogen-bond donors (Lipinski definition) is 1. The van der Waals surface area contributed by atoms with Gasteiger partial charge in [-0.25, -0.2) is 0 Å². The Hall–Kier alpha value is -1.42. The first-order valence-corrected chi connectivity index (χ1v) is 11.7. The monoisotopic (exact) mass is 368 g/mol. The zero-order valence-electron chi connectivity index (χ0n) is 16.4. The topological polar surface area (TPSA) is 29.5 Å². The van der Waals surface area contributed by atoms with E-state index in [-0.39, 0.29) is 17.1 Å². The third-order valence-corrected chi connectivity index (χ3v) is 11.0. The number of benzene rings is 2. The van der Waals surface area contributed by atoms with Crippen LogP contribution in [0.3, 0.4) is 0 Å². The molecular weight excluding hydrogens is 336 g/mol. The van der Waals surface area contributed by atoms with E-state index in [9.17, 15) is 5.11 Å². The molecule has 1 fully saturated rings. The second-order valence-electron chi connectivity index (χ2n) is 8.82. The van der Waals surface area contributed by atoms with E-state index in [0.717, 1.165) is 12.8 Å². The summed E-state index contributed by atoms with van der Waals surface area (Å²) in [5.41, 5.74) is -0.0624. The van der Waals surface area contributed by atoms with Crippen molar-refractivity contribution < 1.29 is 9.53 Å². The van der Waals surface area contributed by atoms with Crippen LogP contribution in [0.15, 0.2) is 60.7 Å². The second kappa shape index (κ2) is 7.67. The molecule has 2 aromatic carbocycles. The summed E-state index contributed by atoms with van der Waals surface area (Å²) in [5.74, 6) is 0. The van der Waals surface area contributed by atoms with Crippen LogP contribution in [-0.4, -0.2) is 26.6 Å². The molecule has 1 N–H and O–H groups in total. The fraction of sp³-hybridized carbons (Fsp3) is 0.478. The van der Waals surface area contributed by atoms with E-state index in [0.29, 0.717) is 6.61 Å². The molecule has 0 heterocycles. The van der Waals surface area contributed by atoms with Crippen molar-refractivity contribution in [3.8, 4) is 0 Å². The van der Waals surface area contributed by atoms with E-state index in [1.165, 1.54) is 23.2 Å². The Kier molecular flexibility index (Phi) is 5.71. The number of aliphatic hydroxyl groups is 1. The van der Waals surface area contributed by atoms with E-state index in [2.05, 4.69) is 81.4 Å². The molecule has 1 aliphatic carbocycles. The first-order chi connectivity index (χ1) is 12.4. The number of aliphatic hydroxyl groups excluding tert-OH is 1. The first kappa shape index (κ1) is 19.3. The van der Waals surface area contributed by atoms with Crippen molar-refractivity contribution in [3.63, 3.8) is 0 Å². The van der Waals surface area contributed by atoms with Crippen molar-refractivity contribution in [2.45, 2.75) is 51.5 Å². The molecule has 0 amide bonds. The fourth-order valence-corrected chi connectivity index (χ4v) is 9.17. The minimum Gasteiger partial charge on any atom is -0.407 e. The lowest BCUT2D eigenvalue weighted by Gasteiger charge is -2.45. The Morgan fingerprint density at radius 2 is 1.35 bits per heavy atom. The molecule has 0 radical (unpaired) electrons. The highest BCUT2D eigenvalue weighted by Crippen LogP contribution is 2.42. The Morgan fingerprint density at radius 1 is 0.885 bits per heavy atom. The fourth-order valence-electron chi connectivity index (χ4n) is 4.50. The minimum atomic E-state index is -2.49. The molecule has 0 unspecified atom stereocenters. The van der Waals surface area contributed by atoms with Gasteiger partial charge in [-0.1, -0.05) is 94.3 Å². The lowest BCUT2D eigenvalue weighted by Crippen LogP contribution is -2.67. The maximum absolute atomic E-state index is 10.1. The Bertz CT molecular complexity index is 646. The van der Waals surface area contributed by atoms with Crippen LogP contribution in [-0.2, 0) is 4.43 Å². The summed E-state index contributed by atoms with van der Waals surface area (Å²) in [4.78, 5) is 0. The summed E-state index contributed by atoms with van der Waals surface area (Å²) in [6.07, 6.45) is 4.54. The standard InChI is InChI=1S/C23H32O2Si/c1-22(2,3)26(20-12-6-4-7-13-20,21-14-8-5-9-15-21)25-19-23(18-24)16-10-11-17-23/h4-9,12-15,24H,10-11,16-19H2,1-3H3. The molecule has 0 bridgehead atoms. The van der Waals surface area contributed by atoms with Crippen molar-refractivity contribution in [3.05, 3.63) is 60.7 Å². The summed E-state index contributed by atoms with van der Waals surface area (Å²) in [5, 5.41) is 12.7. The van der Waals surface area contributed by atoms with Gasteiger partial charge in [-0.3, -0.25) is 0 Å². The average Bonchev–Trinajstić information content (AvgIpc) is 3.12. The van der Waals surface area contributed by atoms with E-state index < -0.39 is 8.32 Å². The third-order valence-electron chi connectivity index (χ3n) is 6.01. The van der Waals surface area contributed by atoms with E-state index >= 15 is 0 Å². The van der Waals surface area contributed by atoms with Gasteiger partial charge >= 0.3 is 0 Å². The summed E-state index contributed by atoms with van der Waals surface area (Å²) in [6.45, 7) is 7.79. The van der Waals surface area contributed by atoms with E-state index in [1.807, 2.05) is 0 Å². The quantitative estimate of drug-likeness (QED) is 0.777. The van der Waals surface area contributed by atoms with Gasteiger partial charge in [0.1, 0.15) is 0 Å². The predicted molar refractivity (Wildman–Crippen MR) is 112 cm³/mol. The molecule has 0 atom stereocenters. The molecule has 140 valence electrons. The predicted octanol–water partition coefficient (Wildman–Crippen LogP) is 4.12. The van der Waals surface area contributed by atoms with Crippen molar-refractivity contribution in [2.75, 3.05) is 13.2 Å². The van der Waals surface area contributed by atoms with Crippen molar-refractivity contribution in [1.82, 2.24) is 0 Å². The Morgan fingerprint density at radius 3 is 1.73 bits per heavy atom.